The van der Waals surface area contributed by atoms with Gasteiger partial charge in [-0.15, -0.1) is 0 Å². The highest BCUT2D eigenvalue weighted by Crippen LogP contribution is 2.05. The maximum atomic E-state index is 8.88. The van der Waals surface area contributed by atoms with Gasteiger partial charge in [-0.3, -0.25) is 0 Å². The van der Waals surface area contributed by atoms with Crippen molar-refractivity contribution in [2.24, 2.45) is 10.9 Å². The highest BCUT2D eigenvalue weighted by molar-refractivity contribution is 5.79. The Morgan fingerprint density at radius 1 is 1.35 bits per heavy atom. The fourth-order valence-corrected chi connectivity index (χ4v) is 1.73. The number of rotatable bonds is 6. The molecule has 0 unspecified atom stereocenters. The molecule has 108 valence electrons. The maximum absolute atomic E-state index is 8.88. The zero-order valence-electron chi connectivity index (χ0n) is 12.6. The van der Waals surface area contributed by atoms with Gasteiger partial charge in [-0.25, -0.2) is 4.99 Å². The molecule has 0 spiro atoms. The molecule has 2 N–H and O–H groups in total. The molecule has 4 nitrogen and oxygen atoms in total. The lowest BCUT2D eigenvalue weighted by Gasteiger charge is -2.12. The van der Waals surface area contributed by atoms with Crippen molar-refractivity contribution in [2.75, 3.05) is 13.1 Å². The average molecular weight is 272 g/mol. The number of nitriles is 1. The topological polar surface area (TPSA) is 60.2 Å². The van der Waals surface area contributed by atoms with E-state index in [-0.39, 0.29) is 0 Å². The standard InChI is InChI=1S/C16H24N4/c1-4-18-16(19-9-8-13(2)3)20-12-15-7-5-6-14(10-15)11-17/h5-7,10,13H,4,8-9,12H2,1-3H3,(H2,18,19,20). The van der Waals surface area contributed by atoms with Crippen molar-refractivity contribution in [2.45, 2.75) is 33.7 Å². The Labute approximate surface area is 121 Å². The smallest absolute Gasteiger partial charge is 0.191 e. The van der Waals surface area contributed by atoms with Crippen LogP contribution in [0.3, 0.4) is 0 Å². The molecule has 0 saturated carbocycles. The molecule has 1 aromatic rings. The first-order chi connectivity index (χ1) is 9.65. The minimum absolute atomic E-state index is 0.576. The molecule has 20 heavy (non-hydrogen) atoms. The van der Waals surface area contributed by atoms with Gasteiger partial charge in [0.05, 0.1) is 18.2 Å². The highest BCUT2D eigenvalue weighted by Gasteiger charge is 1.99. The minimum Gasteiger partial charge on any atom is -0.357 e. The molecule has 0 aliphatic rings. The second-order valence-electron chi connectivity index (χ2n) is 5.12. The molecule has 1 rings (SSSR count). The molecular weight excluding hydrogens is 248 g/mol. The van der Waals surface area contributed by atoms with E-state index in [0.29, 0.717) is 18.0 Å². The monoisotopic (exact) mass is 272 g/mol. The summed E-state index contributed by atoms with van der Waals surface area (Å²) in [7, 11) is 0. The third-order valence-corrected chi connectivity index (χ3v) is 2.83. The zero-order chi connectivity index (χ0) is 14.8. The molecule has 1 aromatic carbocycles. The van der Waals surface area contributed by atoms with Gasteiger partial charge in [-0.1, -0.05) is 26.0 Å². The molecule has 0 aliphatic heterocycles. The molecular formula is C16H24N4. The summed E-state index contributed by atoms with van der Waals surface area (Å²) in [6.45, 7) is 8.80. The Hall–Kier alpha value is -2.02. The quantitative estimate of drug-likeness (QED) is 0.618. The zero-order valence-corrected chi connectivity index (χ0v) is 12.6. The fourth-order valence-electron chi connectivity index (χ4n) is 1.73. The molecule has 0 aliphatic carbocycles. The minimum atomic E-state index is 0.576. The van der Waals surface area contributed by atoms with Crippen molar-refractivity contribution in [3.05, 3.63) is 35.4 Å². The van der Waals surface area contributed by atoms with Gasteiger partial charge in [-0.2, -0.15) is 5.26 Å². The molecule has 0 amide bonds. The lowest BCUT2D eigenvalue weighted by Crippen LogP contribution is -2.38. The number of guanidine groups is 1. The van der Waals surface area contributed by atoms with E-state index in [1.165, 1.54) is 0 Å². The van der Waals surface area contributed by atoms with Crippen LogP contribution in [-0.2, 0) is 6.54 Å². The number of benzene rings is 1. The van der Waals surface area contributed by atoms with Crippen LogP contribution in [-0.4, -0.2) is 19.0 Å². The molecule has 0 heterocycles. The van der Waals surface area contributed by atoms with Gasteiger partial charge in [-0.05, 0) is 37.0 Å². The Bertz CT molecular complexity index is 472. The van der Waals surface area contributed by atoms with Crippen LogP contribution in [0.4, 0.5) is 0 Å². The van der Waals surface area contributed by atoms with Crippen LogP contribution in [0.5, 0.6) is 0 Å². The SMILES string of the molecule is CCNC(=NCc1cccc(C#N)c1)NCCC(C)C. The van der Waals surface area contributed by atoms with Crippen LogP contribution in [0, 0.1) is 17.2 Å². The molecule has 0 aromatic heterocycles. The number of aliphatic imine (C=N–C) groups is 1. The van der Waals surface area contributed by atoms with Crippen molar-refractivity contribution in [3.63, 3.8) is 0 Å². The summed E-state index contributed by atoms with van der Waals surface area (Å²) in [5.41, 5.74) is 1.72. The van der Waals surface area contributed by atoms with Gasteiger partial charge in [0, 0.05) is 13.1 Å². The summed E-state index contributed by atoms with van der Waals surface area (Å²) in [6.07, 6.45) is 1.12. The first-order valence-electron chi connectivity index (χ1n) is 7.17. The van der Waals surface area contributed by atoms with Gasteiger partial charge in [0.2, 0.25) is 0 Å². The first kappa shape index (κ1) is 16.0. The van der Waals surface area contributed by atoms with Gasteiger partial charge in [0.1, 0.15) is 0 Å². The van der Waals surface area contributed by atoms with Crippen molar-refractivity contribution < 1.29 is 0 Å². The molecule has 0 saturated heterocycles. The molecule has 0 fully saturated rings. The van der Waals surface area contributed by atoms with Crippen molar-refractivity contribution in [1.29, 1.82) is 5.26 Å². The van der Waals surface area contributed by atoms with Crippen LogP contribution in [0.1, 0.15) is 38.3 Å². The van der Waals surface area contributed by atoms with E-state index in [1.807, 2.05) is 18.2 Å². The van der Waals surface area contributed by atoms with Crippen molar-refractivity contribution in [3.8, 4) is 6.07 Å². The summed E-state index contributed by atoms with van der Waals surface area (Å²) in [4.78, 5) is 4.54. The Morgan fingerprint density at radius 2 is 2.15 bits per heavy atom. The summed E-state index contributed by atoms with van der Waals surface area (Å²) >= 11 is 0. The lowest BCUT2D eigenvalue weighted by molar-refractivity contribution is 0.573. The van der Waals surface area contributed by atoms with Gasteiger partial charge in [0.15, 0.2) is 5.96 Å². The molecule has 0 bridgehead atoms. The lowest BCUT2D eigenvalue weighted by atomic mass is 10.1. The van der Waals surface area contributed by atoms with E-state index in [2.05, 4.69) is 42.5 Å². The highest BCUT2D eigenvalue weighted by atomic mass is 15.2. The largest absolute Gasteiger partial charge is 0.357 e. The van der Waals surface area contributed by atoms with Gasteiger partial charge >= 0.3 is 0 Å². The second kappa shape index (κ2) is 8.98. The molecule has 0 atom stereocenters. The third kappa shape index (κ3) is 6.24. The van der Waals surface area contributed by atoms with Crippen LogP contribution >= 0.6 is 0 Å². The fraction of sp³-hybridized carbons (Fsp3) is 0.500. The first-order valence-corrected chi connectivity index (χ1v) is 7.17. The van der Waals surface area contributed by atoms with Crippen LogP contribution in [0.25, 0.3) is 0 Å². The molecule has 0 radical (unpaired) electrons. The Balaban J connectivity index is 2.59. The summed E-state index contributed by atoms with van der Waals surface area (Å²) in [6, 6.07) is 9.71. The van der Waals surface area contributed by atoms with E-state index in [0.717, 1.165) is 31.0 Å². The predicted molar refractivity (Wildman–Crippen MR) is 83.4 cm³/mol. The van der Waals surface area contributed by atoms with Crippen molar-refractivity contribution in [1.82, 2.24) is 10.6 Å². The van der Waals surface area contributed by atoms with Crippen LogP contribution < -0.4 is 10.6 Å². The number of hydrogen-bond acceptors (Lipinski definition) is 2. The normalized spacial score (nSPS) is 11.2. The van der Waals surface area contributed by atoms with Gasteiger partial charge in [0.25, 0.3) is 0 Å². The van der Waals surface area contributed by atoms with E-state index in [9.17, 15) is 0 Å². The maximum Gasteiger partial charge on any atom is 0.191 e. The Morgan fingerprint density at radius 3 is 2.80 bits per heavy atom. The van der Waals surface area contributed by atoms with Crippen molar-refractivity contribution >= 4 is 5.96 Å². The van der Waals surface area contributed by atoms with E-state index in [4.69, 9.17) is 5.26 Å². The Kier molecular flexibility index (Phi) is 7.20. The third-order valence-electron chi connectivity index (χ3n) is 2.83. The second-order valence-corrected chi connectivity index (χ2v) is 5.12. The number of nitrogens with zero attached hydrogens (tertiary/aromatic N) is 2. The average Bonchev–Trinajstić information content (AvgIpc) is 2.44. The summed E-state index contributed by atoms with van der Waals surface area (Å²) in [5, 5.41) is 15.4. The van der Waals surface area contributed by atoms with E-state index >= 15 is 0 Å². The summed E-state index contributed by atoms with van der Waals surface area (Å²) < 4.78 is 0. The number of hydrogen-bond donors (Lipinski definition) is 2. The van der Waals surface area contributed by atoms with Gasteiger partial charge < -0.3 is 10.6 Å². The van der Waals surface area contributed by atoms with Crippen LogP contribution in [0.15, 0.2) is 29.3 Å². The summed E-state index contributed by atoms with van der Waals surface area (Å²) in [5.74, 6) is 1.51. The van der Waals surface area contributed by atoms with E-state index in [1.54, 1.807) is 6.07 Å². The molecule has 4 heteroatoms. The predicted octanol–water partition coefficient (Wildman–Crippen LogP) is 2.66. The van der Waals surface area contributed by atoms with Crippen LogP contribution in [0.2, 0.25) is 0 Å². The van der Waals surface area contributed by atoms with E-state index < -0.39 is 0 Å². The number of nitrogens with one attached hydrogen (secondary N) is 2.